The number of methoxy groups -OCH3 is 1. The number of ether oxygens (including phenoxy) is 1. The highest BCUT2D eigenvalue weighted by molar-refractivity contribution is 7.92. The van der Waals surface area contributed by atoms with Crippen LogP contribution in [0.1, 0.15) is 43.0 Å². The standard InChI is InChI=1S/C31H39N3O5S/c1-21(2)32-31(36)25(6)33(19-26-11-9-8-10-24(26)5)30(35)20-34(28-18-23(4)14-17-29(28)39-7)40(37,38)27-15-12-22(3)13-16-27/h8-18,21,25H,19-20H2,1-7H3,(H,32,36)/t25-/m0/s1. The van der Waals surface area contributed by atoms with Gasteiger partial charge in [0, 0.05) is 12.6 Å². The van der Waals surface area contributed by atoms with Crippen LogP contribution in [-0.4, -0.2) is 50.9 Å². The van der Waals surface area contributed by atoms with Crippen molar-refractivity contribution in [3.8, 4) is 5.75 Å². The van der Waals surface area contributed by atoms with Crippen molar-refractivity contribution in [1.82, 2.24) is 10.2 Å². The van der Waals surface area contributed by atoms with E-state index in [1.165, 1.54) is 24.1 Å². The summed E-state index contributed by atoms with van der Waals surface area (Å²) in [4.78, 5) is 28.6. The summed E-state index contributed by atoms with van der Waals surface area (Å²) in [5.74, 6) is -0.531. The van der Waals surface area contributed by atoms with Gasteiger partial charge in [-0.05, 0) is 82.5 Å². The van der Waals surface area contributed by atoms with Crippen molar-refractivity contribution >= 4 is 27.5 Å². The zero-order valence-corrected chi connectivity index (χ0v) is 25.1. The number of hydrogen-bond donors (Lipinski definition) is 1. The second-order valence-corrected chi connectivity index (χ2v) is 12.1. The van der Waals surface area contributed by atoms with Crippen molar-refractivity contribution in [2.24, 2.45) is 0 Å². The molecule has 40 heavy (non-hydrogen) atoms. The molecule has 1 N–H and O–H groups in total. The summed E-state index contributed by atoms with van der Waals surface area (Å²) in [6.45, 7) is 10.6. The number of benzene rings is 3. The Balaban J connectivity index is 2.12. The molecule has 0 saturated heterocycles. The maximum Gasteiger partial charge on any atom is 0.264 e. The van der Waals surface area contributed by atoms with E-state index < -0.39 is 28.5 Å². The van der Waals surface area contributed by atoms with Crippen LogP contribution in [0.4, 0.5) is 5.69 Å². The molecule has 2 amide bonds. The number of hydrogen-bond acceptors (Lipinski definition) is 5. The summed E-state index contributed by atoms with van der Waals surface area (Å²) in [6.07, 6.45) is 0. The zero-order chi connectivity index (χ0) is 29.6. The maximum atomic E-state index is 14.1. The minimum Gasteiger partial charge on any atom is -0.495 e. The second kappa shape index (κ2) is 13.0. The summed E-state index contributed by atoms with van der Waals surface area (Å²) in [6, 6.07) is 18.3. The molecule has 0 unspecified atom stereocenters. The molecular formula is C31H39N3O5S. The number of carbonyl (C=O) groups excluding carboxylic acids is 2. The van der Waals surface area contributed by atoms with E-state index in [9.17, 15) is 18.0 Å². The lowest BCUT2D eigenvalue weighted by Crippen LogP contribution is -2.52. The van der Waals surface area contributed by atoms with Crippen LogP contribution in [-0.2, 0) is 26.2 Å². The van der Waals surface area contributed by atoms with Gasteiger partial charge in [-0.25, -0.2) is 8.42 Å². The first-order valence-electron chi connectivity index (χ1n) is 13.2. The third-order valence-electron chi connectivity index (χ3n) is 6.69. The largest absolute Gasteiger partial charge is 0.495 e. The average Bonchev–Trinajstić information content (AvgIpc) is 2.90. The van der Waals surface area contributed by atoms with E-state index in [1.807, 2.05) is 65.0 Å². The lowest BCUT2D eigenvalue weighted by molar-refractivity contribution is -0.139. The van der Waals surface area contributed by atoms with Gasteiger partial charge in [0.2, 0.25) is 11.8 Å². The first kappa shape index (κ1) is 30.7. The Hall–Kier alpha value is -3.85. The molecule has 8 nitrogen and oxygen atoms in total. The molecule has 0 aromatic heterocycles. The lowest BCUT2D eigenvalue weighted by atomic mass is 10.1. The minimum absolute atomic E-state index is 0.0468. The molecule has 9 heteroatoms. The first-order valence-corrected chi connectivity index (χ1v) is 14.7. The Labute approximate surface area is 238 Å². The highest BCUT2D eigenvalue weighted by Crippen LogP contribution is 2.34. The molecule has 3 aromatic carbocycles. The number of carbonyl (C=O) groups is 2. The highest BCUT2D eigenvalue weighted by atomic mass is 32.2. The summed E-state index contributed by atoms with van der Waals surface area (Å²) >= 11 is 0. The summed E-state index contributed by atoms with van der Waals surface area (Å²) < 4.78 is 34.7. The molecule has 214 valence electrons. The van der Waals surface area contributed by atoms with E-state index in [-0.39, 0.29) is 29.1 Å². The van der Waals surface area contributed by atoms with Crippen molar-refractivity contribution in [3.63, 3.8) is 0 Å². The number of amides is 2. The maximum absolute atomic E-state index is 14.1. The zero-order valence-electron chi connectivity index (χ0n) is 24.3. The van der Waals surface area contributed by atoms with Gasteiger partial charge in [0.1, 0.15) is 18.3 Å². The van der Waals surface area contributed by atoms with Gasteiger partial charge in [-0.2, -0.15) is 0 Å². The molecule has 0 spiro atoms. The Morgan fingerprint density at radius 2 is 1.52 bits per heavy atom. The first-order chi connectivity index (χ1) is 18.8. The molecule has 3 rings (SSSR count). The fourth-order valence-electron chi connectivity index (χ4n) is 4.30. The minimum atomic E-state index is -4.19. The van der Waals surface area contributed by atoms with E-state index >= 15 is 0 Å². The van der Waals surface area contributed by atoms with Gasteiger partial charge < -0.3 is 15.0 Å². The molecule has 0 saturated carbocycles. The van der Waals surface area contributed by atoms with Gasteiger partial charge >= 0.3 is 0 Å². The van der Waals surface area contributed by atoms with E-state index in [4.69, 9.17) is 4.74 Å². The predicted octanol–water partition coefficient (Wildman–Crippen LogP) is 4.76. The number of anilines is 1. The van der Waals surface area contributed by atoms with E-state index in [2.05, 4.69) is 5.32 Å². The van der Waals surface area contributed by atoms with Gasteiger partial charge in [0.15, 0.2) is 0 Å². The SMILES string of the molecule is COc1ccc(C)cc1N(CC(=O)N(Cc1ccccc1C)[C@@H](C)C(=O)NC(C)C)S(=O)(=O)c1ccc(C)cc1. The lowest BCUT2D eigenvalue weighted by Gasteiger charge is -2.33. The number of sulfonamides is 1. The molecule has 3 aromatic rings. The molecule has 0 bridgehead atoms. The third kappa shape index (κ3) is 7.21. The highest BCUT2D eigenvalue weighted by Gasteiger charge is 2.34. The van der Waals surface area contributed by atoms with Crippen molar-refractivity contribution in [1.29, 1.82) is 0 Å². The molecule has 0 radical (unpaired) electrons. The molecule has 0 aliphatic heterocycles. The Bertz CT molecular complexity index is 1450. The average molecular weight is 566 g/mol. The number of nitrogens with zero attached hydrogens (tertiary/aromatic N) is 2. The smallest absolute Gasteiger partial charge is 0.264 e. The molecule has 0 fully saturated rings. The van der Waals surface area contributed by atoms with E-state index in [0.717, 1.165) is 26.6 Å². The van der Waals surface area contributed by atoms with Gasteiger partial charge in [0.25, 0.3) is 10.0 Å². The van der Waals surface area contributed by atoms with Crippen LogP contribution >= 0.6 is 0 Å². The van der Waals surface area contributed by atoms with Crippen LogP contribution in [0.5, 0.6) is 5.75 Å². The molecule has 1 atom stereocenters. The summed E-state index contributed by atoms with van der Waals surface area (Å²) in [7, 11) is -2.74. The fourth-order valence-corrected chi connectivity index (χ4v) is 5.72. The van der Waals surface area contributed by atoms with Crippen LogP contribution in [0.25, 0.3) is 0 Å². The van der Waals surface area contributed by atoms with Crippen LogP contribution in [0.3, 0.4) is 0 Å². The number of nitrogens with one attached hydrogen (secondary N) is 1. The predicted molar refractivity (Wildman–Crippen MR) is 158 cm³/mol. The van der Waals surface area contributed by atoms with Crippen molar-refractivity contribution in [2.45, 2.75) is 65.1 Å². The topological polar surface area (TPSA) is 96.0 Å². The Morgan fingerprint density at radius 1 is 0.900 bits per heavy atom. The van der Waals surface area contributed by atoms with E-state index in [1.54, 1.807) is 31.2 Å². The second-order valence-electron chi connectivity index (χ2n) is 10.3. The monoisotopic (exact) mass is 565 g/mol. The van der Waals surface area contributed by atoms with Crippen LogP contribution in [0.2, 0.25) is 0 Å². The van der Waals surface area contributed by atoms with Crippen LogP contribution in [0, 0.1) is 20.8 Å². The van der Waals surface area contributed by atoms with Crippen molar-refractivity contribution in [2.75, 3.05) is 18.0 Å². The van der Waals surface area contributed by atoms with Gasteiger partial charge in [0.05, 0.1) is 17.7 Å². The quantitative estimate of drug-likeness (QED) is 0.362. The molecule has 0 heterocycles. The van der Waals surface area contributed by atoms with Crippen molar-refractivity contribution < 1.29 is 22.7 Å². The molecule has 0 aliphatic carbocycles. The van der Waals surface area contributed by atoms with Gasteiger partial charge in [-0.3, -0.25) is 13.9 Å². The number of rotatable bonds is 11. The van der Waals surface area contributed by atoms with E-state index in [0.29, 0.717) is 5.75 Å². The van der Waals surface area contributed by atoms with Gasteiger partial charge in [-0.1, -0.05) is 48.0 Å². The number of aryl methyl sites for hydroxylation is 3. The Kier molecular flexibility index (Phi) is 9.98. The third-order valence-corrected chi connectivity index (χ3v) is 8.47. The molecular weight excluding hydrogens is 526 g/mol. The van der Waals surface area contributed by atoms with Crippen LogP contribution in [0.15, 0.2) is 71.6 Å². The summed E-state index contributed by atoms with van der Waals surface area (Å²) in [5.41, 5.74) is 3.77. The van der Waals surface area contributed by atoms with Crippen LogP contribution < -0.4 is 14.4 Å². The Morgan fingerprint density at radius 3 is 2.12 bits per heavy atom. The fraction of sp³-hybridized carbons (Fsp3) is 0.355. The van der Waals surface area contributed by atoms with Gasteiger partial charge in [-0.15, -0.1) is 0 Å². The molecule has 0 aliphatic rings. The normalized spacial score (nSPS) is 12.1. The summed E-state index contributed by atoms with van der Waals surface area (Å²) in [5, 5.41) is 2.87. The van der Waals surface area contributed by atoms with Crippen molar-refractivity contribution in [3.05, 3.63) is 89.0 Å².